The number of aryl methyl sites for hydroxylation is 1. The second-order valence-electron chi connectivity index (χ2n) is 15.6. The lowest BCUT2D eigenvalue weighted by Crippen LogP contribution is -2.59. The predicted molar refractivity (Wildman–Crippen MR) is 187 cm³/mol. The third kappa shape index (κ3) is 5.07. The molecule has 11 heteroatoms. The number of amides is 1. The van der Waals surface area contributed by atoms with Crippen molar-refractivity contribution in [1.82, 2.24) is 29.3 Å². The molecule has 49 heavy (non-hydrogen) atoms. The molecule has 1 amide bonds. The predicted octanol–water partition coefficient (Wildman–Crippen LogP) is 5.74. The molecule has 7 heterocycles. The van der Waals surface area contributed by atoms with Gasteiger partial charge in [-0.1, -0.05) is 26.0 Å². The number of likely N-dealkylation sites (tertiary alicyclic amines) is 2. The van der Waals surface area contributed by atoms with E-state index in [4.69, 9.17) is 14.7 Å². The molecule has 3 saturated heterocycles. The van der Waals surface area contributed by atoms with Crippen LogP contribution >= 0.6 is 0 Å². The highest BCUT2D eigenvalue weighted by atomic mass is 19.1. The van der Waals surface area contributed by atoms with Crippen LogP contribution in [0, 0.1) is 11.2 Å². The summed E-state index contributed by atoms with van der Waals surface area (Å²) in [7, 11) is 0. The molecule has 9 rings (SSSR count). The van der Waals surface area contributed by atoms with Gasteiger partial charge in [0.1, 0.15) is 5.52 Å². The van der Waals surface area contributed by atoms with Crippen LogP contribution in [0.4, 0.5) is 21.6 Å². The van der Waals surface area contributed by atoms with E-state index in [1.54, 1.807) is 18.6 Å². The van der Waals surface area contributed by atoms with E-state index in [1.165, 1.54) is 12.6 Å². The smallest absolute Gasteiger partial charge is 0.238 e. The molecule has 0 unspecified atom stereocenters. The SMILES string of the molecule is CCn1cnc2cc(-c3ccc4c(c3)N(C3CC(N5CCC(C)(C)C5)C3)C(=O)C43CCN(C4COC4)CC3)nc(Nc3ccncc3F)c21. The highest BCUT2D eigenvalue weighted by Gasteiger charge is 2.56. The molecule has 1 spiro atoms. The molecule has 0 radical (unpaired) electrons. The maximum Gasteiger partial charge on any atom is 0.238 e. The van der Waals surface area contributed by atoms with E-state index in [2.05, 4.69) is 57.0 Å². The zero-order valence-electron chi connectivity index (χ0n) is 28.7. The molecule has 1 N–H and O–H groups in total. The number of imidazole rings is 1. The van der Waals surface area contributed by atoms with Gasteiger partial charge in [-0.15, -0.1) is 0 Å². The molecule has 4 aliphatic heterocycles. The first-order valence-corrected chi connectivity index (χ1v) is 18.0. The number of pyridine rings is 2. The van der Waals surface area contributed by atoms with Crippen LogP contribution in [-0.2, 0) is 21.5 Å². The van der Waals surface area contributed by atoms with E-state index < -0.39 is 11.2 Å². The number of hydrogen-bond donors (Lipinski definition) is 1. The van der Waals surface area contributed by atoms with Crippen LogP contribution in [0.3, 0.4) is 0 Å². The van der Waals surface area contributed by atoms with E-state index in [-0.39, 0.29) is 11.9 Å². The summed E-state index contributed by atoms with van der Waals surface area (Å²) in [5.74, 6) is 0.356. The number of hydrogen-bond acceptors (Lipinski definition) is 8. The van der Waals surface area contributed by atoms with Crippen LogP contribution in [0.1, 0.15) is 58.4 Å². The number of piperidine rings is 1. The van der Waals surface area contributed by atoms with Gasteiger partial charge in [0.15, 0.2) is 11.6 Å². The second-order valence-corrected chi connectivity index (χ2v) is 15.6. The number of benzene rings is 1. The molecular formula is C38H45FN8O2. The van der Waals surface area contributed by atoms with Crippen LogP contribution in [0.25, 0.3) is 22.3 Å². The van der Waals surface area contributed by atoms with Crippen molar-refractivity contribution >= 4 is 34.1 Å². The molecule has 10 nitrogen and oxygen atoms in total. The van der Waals surface area contributed by atoms with Crippen LogP contribution in [0.2, 0.25) is 0 Å². The zero-order valence-corrected chi connectivity index (χ0v) is 28.7. The summed E-state index contributed by atoms with van der Waals surface area (Å²) in [6.45, 7) is 13.2. The Morgan fingerprint density at radius 1 is 1.00 bits per heavy atom. The number of halogens is 1. The first kappa shape index (κ1) is 31.1. The summed E-state index contributed by atoms with van der Waals surface area (Å²) in [6, 6.07) is 11.3. The zero-order chi connectivity index (χ0) is 33.5. The van der Waals surface area contributed by atoms with Gasteiger partial charge in [0.05, 0.1) is 54.1 Å². The van der Waals surface area contributed by atoms with Gasteiger partial charge in [0, 0.05) is 42.6 Å². The minimum absolute atomic E-state index is 0.190. The fourth-order valence-corrected chi connectivity index (χ4v) is 9.01. The molecule has 0 atom stereocenters. The van der Waals surface area contributed by atoms with Gasteiger partial charge in [-0.05, 0) is 87.8 Å². The molecule has 1 aliphatic carbocycles. The minimum atomic E-state index is -0.501. The summed E-state index contributed by atoms with van der Waals surface area (Å²) < 4.78 is 22.3. The van der Waals surface area contributed by atoms with E-state index in [0.29, 0.717) is 35.5 Å². The number of nitrogens with zero attached hydrogens (tertiary/aromatic N) is 7. The molecule has 5 aliphatic rings. The van der Waals surface area contributed by atoms with Crippen molar-refractivity contribution in [2.75, 3.05) is 49.6 Å². The van der Waals surface area contributed by atoms with E-state index in [1.807, 2.05) is 17.6 Å². The van der Waals surface area contributed by atoms with Gasteiger partial charge >= 0.3 is 0 Å². The Hall–Kier alpha value is -3.93. The molecule has 0 bridgehead atoms. The van der Waals surface area contributed by atoms with Gasteiger partial charge in [-0.3, -0.25) is 19.6 Å². The lowest BCUT2D eigenvalue weighted by Gasteiger charge is -2.47. The van der Waals surface area contributed by atoms with Crippen LogP contribution in [0.5, 0.6) is 0 Å². The largest absolute Gasteiger partial charge is 0.378 e. The molecule has 256 valence electrons. The van der Waals surface area contributed by atoms with Crippen LogP contribution in [0.15, 0.2) is 49.1 Å². The average molecular weight is 665 g/mol. The van der Waals surface area contributed by atoms with E-state index >= 15 is 0 Å². The highest BCUT2D eigenvalue weighted by molar-refractivity contribution is 6.09. The Kier molecular flexibility index (Phi) is 7.34. The Labute approximate surface area is 286 Å². The third-order valence-electron chi connectivity index (χ3n) is 12.1. The Bertz CT molecular complexity index is 1920. The summed E-state index contributed by atoms with van der Waals surface area (Å²) in [5.41, 5.74) is 5.58. The van der Waals surface area contributed by atoms with Crippen molar-refractivity contribution in [3.8, 4) is 11.3 Å². The van der Waals surface area contributed by atoms with Gasteiger partial charge in [0.2, 0.25) is 5.91 Å². The van der Waals surface area contributed by atoms with Gasteiger partial charge < -0.3 is 19.5 Å². The summed E-state index contributed by atoms with van der Waals surface area (Å²) >= 11 is 0. The maximum atomic E-state index is 14.8. The fraction of sp³-hybridized carbons (Fsp3) is 0.526. The summed E-state index contributed by atoms with van der Waals surface area (Å²) in [5, 5.41) is 3.23. The van der Waals surface area contributed by atoms with E-state index in [0.717, 1.165) is 98.6 Å². The number of aromatic nitrogens is 4. The van der Waals surface area contributed by atoms with Crippen LogP contribution < -0.4 is 10.2 Å². The number of nitrogens with one attached hydrogen (secondary N) is 1. The first-order valence-electron chi connectivity index (χ1n) is 18.0. The Morgan fingerprint density at radius 2 is 1.80 bits per heavy atom. The first-order chi connectivity index (χ1) is 23.7. The van der Waals surface area contributed by atoms with Gasteiger partial charge in [-0.2, -0.15) is 0 Å². The Morgan fingerprint density at radius 3 is 2.49 bits per heavy atom. The number of ether oxygens (including phenoxy) is 1. The molecule has 4 aromatic rings. The van der Waals surface area contributed by atoms with Crippen molar-refractivity contribution in [2.45, 2.75) is 83.0 Å². The Balaban J connectivity index is 1.08. The number of rotatable bonds is 7. The van der Waals surface area contributed by atoms with Gasteiger partial charge in [-0.25, -0.2) is 14.4 Å². The summed E-state index contributed by atoms with van der Waals surface area (Å²) in [4.78, 5) is 35.8. The second kappa shape index (κ2) is 11.6. The van der Waals surface area contributed by atoms with Crippen molar-refractivity contribution in [1.29, 1.82) is 0 Å². The highest BCUT2D eigenvalue weighted by Crippen LogP contribution is 2.52. The van der Waals surface area contributed by atoms with Crippen molar-refractivity contribution in [3.05, 3.63) is 60.4 Å². The minimum Gasteiger partial charge on any atom is -0.378 e. The summed E-state index contributed by atoms with van der Waals surface area (Å²) in [6.07, 6.45) is 9.46. The lowest BCUT2D eigenvalue weighted by molar-refractivity contribution is -0.128. The van der Waals surface area contributed by atoms with E-state index in [9.17, 15) is 9.18 Å². The van der Waals surface area contributed by atoms with Crippen molar-refractivity contribution < 1.29 is 13.9 Å². The molecule has 3 aromatic heterocycles. The average Bonchev–Trinajstić information content (AvgIpc) is 3.70. The number of fused-ring (bicyclic) bond motifs is 3. The van der Waals surface area contributed by atoms with Crippen LogP contribution in [-0.4, -0.2) is 92.7 Å². The van der Waals surface area contributed by atoms with Crippen molar-refractivity contribution in [2.24, 2.45) is 5.41 Å². The standard InChI is InChI=1S/C38H45FN8O2/c1-4-44-23-41-32-18-31(43-35(34(32)44)42-30-7-11-40-19-29(30)39)24-5-6-28-33(15-24)47(26-16-25(17-26)46-12-8-37(2,3)22-46)36(48)38(28)9-13-45(14-10-38)27-20-49-21-27/h5-7,11,15,18-19,23,25-27H,4,8-10,12-14,16-17,20-22H2,1-3H3,(H,40,42,43). The number of anilines is 3. The molecule has 1 saturated carbocycles. The molecular weight excluding hydrogens is 619 g/mol. The lowest BCUT2D eigenvalue weighted by atomic mass is 9.73. The number of carbonyl (C=O) groups excluding carboxylic acids is 1. The fourth-order valence-electron chi connectivity index (χ4n) is 9.01. The normalized spacial score (nSPS) is 25.1. The topological polar surface area (TPSA) is 91.7 Å². The monoisotopic (exact) mass is 664 g/mol. The molecule has 4 fully saturated rings. The maximum absolute atomic E-state index is 14.8. The number of carbonyl (C=O) groups is 1. The van der Waals surface area contributed by atoms with Gasteiger partial charge in [0.25, 0.3) is 0 Å². The van der Waals surface area contributed by atoms with Crippen molar-refractivity contribution in [3.63, 3.8) is 0 Å². The third-order valence-corrected chi connectivity index (χ3v) is 12.1. The molecule has 1 aromatic carbocycles. The quantitative estimate of drug-likeness (QED) is 0.268.